The van der Waals surface area contributed by atoms with E-state index in [0.29, 0.717) is 19.6 Å². The fourth-order valence-corrected chi connectivity index (χ4v) is 1.66. The van der Waals surface area contributed by atoms with Crippen molar-refractivity contribution < 1.29 is 14.6 Å². The SMILES string of the molecule is CCCOc1ccc2c(c1)[C@H](O)CCO2. The van der Waals surface area contributed by atoms with Gasteiger partial charge in [-0.3, -0.25) is 0 Å². The number of aliphatic hydroxyl groups excluding tert-OH is 1. The van der Waals surface area contributed by atoms with E-state index in [4.69, 9.17) is 9.47 Å². The Hall–Kier alpha value is -1.22. The minimum atomic E-state index is -0.418. The minimum absolute atomic E-state index is 0.418. The number of fused-ring (bicyclic) bond motifs is 1. The molecule has 0 aromatic heterocycles. The molecule has 0 saturated carbocycles. The molecule has 1 aromatic carbocycles. The van der Waals surface area contributed by atoms with Crippen LogP contribution >= 0.6 is 0 Å². The first-order valence-corrected chi connectivity index (χ1v) is 5.39. The van der Waals surface area contributed by atoms with E-state index < -0.39 is 6.10 Å². The molecular formula is C12H16O3. The van der Waals surface area contributed by atoms with Crippen LogP contribution in [0.2, 0.25) is 0 Å². The third-order valence-electron chi connectivity index (χ3n) is 2.46. The molecule has 82 valence electrons. The zero-order chi connectivity index (χ0) is 10.7. The highest BCUT2D eigenvalue weighted by molar-refractivity contribution is 5.42. The zero-order valence-corrected chi connectivity index (χ0v) is 8.90. The Labute approximate surface area is 89.6 Å². The number of ether oxygens (including phenoxy) is 2. The van der Waals surface area contributed by atoms with Gasteiger partial charge in [-0.2, -0.15) is 0 Å². The summed E-state index contributed by atoms with van der Waals surface area (Å²) in [6.45, 7) is 3.36. The standard InChI is InChI=1S/C12H16O3/c1-2-6-14-9-3-4-12-10(8-9)11(13)5-7-15-12/h3-4,8,11,13H,2,5-7H2,1H3/t11-/m1/s1. The smallest absolute Gasteiger partial charge is 0.125 e. The Morgan fingerprint density at radius 2 is 2.40 bits per heavy atom. The van der Waals surface area contributed by atoms with Gasteiger partial charge in [0.2, 0.25) is 0 Å². The number of benzene rings is 1. The predicted molar refractivity (Wildman–Crippen MR) is 57.3 cm³/mol. The largest absolute Gasteiger partial charge is 0.494 e. The van der Waals surface area contributed by atoms with Crippen LogP contribution < -0.4 is 9.47 Å². The second-order valence-electron chi connectivity index (χ2n) is 3.70. The first-order chi connectivity index (χ1) is 7.31. The summed E-state index contributed by atoms with van der Waals surface area (Å²) < 4.78 is 10.9. The van der Waals surface area contributed by atoms with E-state index in [2.05, 4.69) is 6.92 Å². The molecule has 2 rings (SSSR count). The van der Waals surface area contributed by atoms with Gasteiger partial charge in [0.25, 0.3) is 0 Å². The van der Waals surface area contributed by atoms with Crippen molar-refractivity contribution in [3.8, 4) is 11.5 Å². The summed E-state index contributed by atoms with van der Waals surface area (Å²) in [5, 5.41) is 9.78. The molecule has 0 unspecified atom stereocenters. The van der Waals surface area contributed by atoms with Crippen molar-refractivity contribution in [3.05, 3.63) is 23.8 Å². The zero-order valence-electron chi connectivity index (χ0n) is 8.90. The molecule has 0 spiro atoms. The first-order valence-electron chi connectivity index (χ1n) is 5.39. The van der Waals surface area contributed by atoms with Crippen molar-refractivity contribution in [3.63, 3.8) is 0 Å². The van der Waals surface area contributed by atoms with Gasteiger partial charge in [0.15, 0.2) is 0 Å². The normalized spacial score (nSPS) is 19.2. The van der Waals surface area contributed by atoms with Gasteiger partial charge in [0, 0.05) is 12.0 Å². The number of hydrogen-bond donors (Lipinski definition) is 1. The second-order valence-corrected chi connectivity index (χ2v) is 3.70. The van der Waals surface area contributed by atoms with Gasteiger partial charge < -0.3 is 14.6 Å². The van der Waals surface area contributed by atoms with Gasteiger partial charge >= 0.3 is 0 Å². The van der Waals surface area contributed by atoms with Gasteiger partial charge in [-0.25, -0.2) is 0 Å². The van der Waals surface area contributed by atoms with E-state index in [1.165, 1.54) is 0 Å². The third-order valence-corrected chi connectivity index (χ3v) is 2.46. The molecule has 0 fully saturated rings. The van der Waals surface area contributed by atoms with E-state index >= 15 is 0 Å². The van der Waals surface area contributed by atoms with Crippen LogP contribution in [0, 0.1) is 0 Å². The van der Waals surface area contributed by atoms with Crippen LogP contribution in [0.1, 0.15) is 31.4 Å². The van der Waals surface area contributed by atoms with Gasteiger partial charge in [0.05, 0.1) is 19.3 Å². The van der Waals surface area contributed by atoms with Gasteiger partial charge in [-0.1, -0.05) is 6.92 Å². The van der Waals surface area contributed by atoms with Gasteiger partial charge in [-0.15, -0.1) is 0 Å². The Morgan fingerprint density at radius 1 is 1.53 bits per heavy atom. The van der Waals surface area contributed by atoms with E-state index in [0.717, 1.165) is 23.5 Å². The maximum atomic E-state index is 9.78. The van der Waals surface area contributed by atoms with Crippen LogP contribution in [0.25, 0.3) is 0 Å². The van der Waals surface area contributed by atoms with E-state index in [-0.39, 0.29) is 0 Å². The molecule has 0 bridgehead atoms. The number of hydrogen-bond acceptors (Lipinski definition) is 3. The van der Waals surface area contributed by atoms with Crippen molar-refractivity contribution in [2.45, 2.75) is 25.9 Å². The highest BCUT2D eigenvalue weighted by Gasteiger charge is 2.19. The highest BCUT2D eigenvalue weighted by Crippen LogP contribution is 2.34. The number of rotatable bonds is 3. The Kier molecular flexibility index (Phi) is 3.11. The molecule has 0 amide bonds. The molecule has 3 heteroatoms. The van der Waals surface area contributed by atoms with Gasteiger partial charge in [-0.05, 0) is 24.6 Å². The Balaban J connectivity index is 2.19. The summed E-state index contributed by atoms with van der Waals surface area (Å²) in [4.78, 5) is 0. The summed E-state index contributed by atoms with van der Waals surface area (Å²) in [5.41, 5.74) is 0.842. The average Bonchev–Trinajstić information content (AvgIpc) is 2.27. The molecule has 0 saturated heterocycles. The summed E-state index contributed by atoms with van der Waals surface area (Å²) in [6.07, 6.45) is 1.22. The van der Waals surface area contributed by atoms with E-state index in [1.54, 1.807) is 0 Å². The average molecular weight is 208 g/mol. The molecule has 0 radical (unpaired) electrons. The minimum Gasteiger partial charge on any atom is -0.494 e. The van der Waals surface area contributed by atoms with Gasteiger partial charge in [0.1, 0.15) is 11.5 Å². The first kappa shape index (κ1) is 10.3. The van der Waals surface area contributed by atoms with Crippen molar-refractivity contribution in [1.29, 1.82) is 0 Å². The maximum Gasteiger partial charge on any atom is 0.125 e. The van der Waals surface area contributed by atoms with E-state index in [1.807, 2.05) is 18.2 Å². The molecule has 3 nitrogen and oxygen atoms in total. The molecule has 1 aliphatic rings. The molecule has 1 atom stereocenters. The van der Waals surface area contributed by atoms with Crippen LogP contribution in [0.5, 0.6) is 11.5 Å². The van der Waals surface area contributed by atoms with E-state index in [9.17, 15) is 5.11 Å². The third kappa shape index (κ3) is 2.23. The topological polar surface area (TPSA) is 38.7 Å². The summed E-state index contributed by atoms with van der Waals surface area (Å²) in [7, 11) is 0. The molecule has 1 aromatic rings. The van der Waals surface area contributed by atoms with Crippen LogP contribution in [0.15, 0.2) is 18.2 Å². The predicted octanol–water partition coefficient (Wildman–Crippen LogP) is 2.29. The monoisotopic (exact) mass is 208 g/mol. The molecule has 15 heavy (non-hydrogen) atoms. The molecule has 1 aliphatic heterocycles. The fourth-order valence-electron chi connectivity index (χ4n) is 1.66. The number of aliphatic hydroxyl groups is 1. The molecular weight excluding hydrogens is 192 g/mol. The van der Waals surface area contributed by atoms with Crippen molar-refractivity contribution in [1.82, 2.24) is 0 Å². The second kappa shape index (κ2) is 4.53. The van der Waals surface area contributed by atoms with Crippen molar-refractivity contribution in [2.24, 2.45) is 0 Å². The van der Waals surface area contributed by atoms with Crippen LogP contribution in [-0.4, -0.2) is 18.3 Å². The lowest BCUT2D eigenvalue weighted by atomic mass is 10.0. The molecule has 0 aliphatic carbocycles. The summed E-state index contributed by atoms with van der Waals surface area (Å²) in [5.74, 6) is 1.58. The lowest BCUT2D eigenvalue weighted by Gasteiger charge is -2.22. The fraction of sp³-hybridized carbons (Fsp3) is 0.500. The van der Waals surface area contributed by atoms with Crippen LogP contribution in [-0.2, 0) is 0 Å². The highest BCUT2D eigenvalue weighted by atomic mass is 16.5. The molecule has 1 N–H and O–H groups in total. The molecule has 1 heterocycles. The van der Waals surface area contributed by atoms with Crippen LogP contribution in [0.4, 0.5) is 0 Å². The van der Waals surface area contributed by atoms with Crippen LogP contribution in [0.3, 0.4) is 0 Å². The Bertz CT molecular complexity index is 336. The van der Waals surface area contributed by atoms with Crippen molar-refractivity contribution in [2.75, 3.05) is 13.2 Å². The maximum absolute atomic E-state index is 9.78. The quantitative estimate of drug-likeness (QED) is 0.828. The summed E-state index contributed by atoms with van der Waals surface area (Å²) >= 11 is 0. The lowest BCUT2D eigenvalue weighted by molar-refractivity contribution is 0.115. The van der Waals surface area contributed by atoms with Crippen molar-refractivity contribution >= 4 is 0 Å². The Morgan fingerprint density at radius 3 is 3.20 bits per heavy atom. The summed E-state index contributed by atoms with van der Waals surface area (Å²) in [6, 6.07) is 5.62. The lowest BCUT2D eigenvalue weighted by Crippen LogP contribution is -2.13.